The SMILES string of the molecule is CC1=CC2(CCC(OP(=O)(OCCC#N)OCCC#N)CC2)N([OH2+])C12CCC(OP(=O)(OCCC#N)OCCC#N)CC2. The van der Waals surface area contributed by atoms with Crippen LogP contribution in [-0.4, -0.2) is 60.0 Å². The van der Waals surface area contributed by atoms with Gasteiger partial charge in [0.2, 0.25) is 0 Å². The number of hydroxylamine groups is 2. The highest BCUT2D eigenvalue weighted by molar-refractivity contribution is 7.48. The summed E-state index contributed by atoms with van der Waals surface area (Å²) in [5.41, 5.74) is 0.0438. The van der Waals surface area contributed by atoms with E-state index < -0.39 is 38.9 Å². The van der Waals surface area contributed by atoms with E-state index in [0.717, 1.165) is 5.57 Å². The second-order valence-corrected chi connectivity index (χ2v) is 14.0. The van der Waals surface area contributed by atoms with E-state index in [1.54, 1.807) is 5.06 Å². The molecule has 0 atom stereocenters. The van der Waals surface area contributed by atoms with Crippen molar-refractivity contribution >= 4 is 15.6 Å². The van der Waals surface area contributed by atoms with E-state index in [2.05, 4.69) is 6.08 Å². The molecule has 0 bridgehead atoms. The zero-order valence-electron chi connectivity index (χ0n) is 24.4. The van der Waals surface area contributed by atoms with Gasteiger partial charge in [0.15, 0.2) is 0 Å². The Bertz CT molecular complexity index is 1190. The Labute approximate surface area is 252 Å². The van der Waals surface area contributed by atoms with Crippen LogP contribution in [0, 0.1) is 45.3 Å². The predicted molar refractivity (Wildman–Crippen MR) is 151 cm³/mol. The standard InChI is InChI=1S/C27H39N5O9P2/c1-23-22-26(10-6-24(7-11-26)40-42(34,36-18-2-14-28)37-19-3-15-29)32(33)27(23)12-8-25(9-13-27)41-43(35,38-20-4-16-30)39-21-5-17-31/h22,24-25,33H,2-13,18-21H2,1H3/p+1. The Balaban J connectivity index is 1.59. The molecule has 0 aromatic rings. The second kappa shape index (κ2) is 16.2. The van der Waals surface area contributed by atoms with Gasteiger partial charge in [0.1, 0.15) is 11.1 Å². The van der Waals surface area contributed by atoms with E-state index in [9.17, 15) is 14.3 Å². The Kier molecular flexibility index (Phi) is 13.3. The van der Waals surface area contributed by atoms with Gasteiger partial charge in [0.05, 0.1) is 88.6 Å². The zero-order chi connectivity index (χ0) is 31.4. The molecule has 16 heteroatoms. The molecule has 2 N–H and O–H groups in total. The van der Waals surface area contributed by atoms with Gasteiger partial charge in [-0.05, 0) is 63.9 Å². The maximum atomic E-state index is 13.2. The highest BCUT2D eigenvalue weighted by Gasteiger charge is 2.59. The minimum absolute atomic E-state index is 0.0223. The van der Waals surface area contributed by atoms with Crippen molar-refractivity contribution in [1.29, 1.82) is 21.0 Å². The van der Waals surface area contributed by atoms with Gasteiger partial charge in [0, 0.05) is 0 Å². The van der Waals surface area contributed by atoms with E-state index in [1.807, 2.05) is 31.2 Å². The third kappa shape index (κ3) is 9.18. The molecule has 0 saturated heterocycles. The molecular formula is C27H40N5O9P2+. The van der Waals surface area contributed by atoms with Crippen molar-refractivity contribution in [3.05, 3.63) is 11.6 Å². The van der Waals surface area contributed by atoms with E-state index in [4.69, 9.17) is 48.2 Å². The molecule has 3 rings (SSSR count). The molecular weight excluding hydrogens is 600 g/mol. The summed E-state index contributed by atoms with van der Waals surface area (Å²) in [6.07, 6.45) is 5.80. The number of nitrogens with zero attached hydrogens (tertiary/aromatic N) is 5. The van der Waals surface area contributed by atoms with E-state index in [1.165, 1.54) is 0 Å². The molecule has 0 aromatic heterocycles. The summed E-state index contributed by atoms with van der Waals surface area (Å²) in [5.74, 6) is 0. The van der Waals surface area contributed by atoms with Crippen LogP contribution in [0.5, 0.6) is 0 Å². The molecule has 2 fully saturated rings. The smallest absolute Gasteiger partial charge is 0.337 e. The fourth-order valence-electron chi connectivity index (χ4n) is 5.94. The zero-order valence-corrected chi connectivity index (χ0v) is 26.2. The minimum Gasteiger partial charge on any atom is -0.337 e. The van der Waals surface area contributed by atoms with Crippen LogP contribution in [0.4, 0.5) is 0 Å². The molecule has 0 unspecified atom stereocenters. The van der Waals surface area contributed by atoms with Crippen molar-refractivity contribution in [2.24, 2.45) is 0 Å². The van der Waals surface area contributed by atoms with Crippen molar-refractivity contribution in [3.63, 3.8) is 0 Å². The number of nitriles is 4. The highest BCUT2D eigenvalue weighted by atomic mass is 31.2. The Morgan fingerprint density at radius 2 is 1.09 bits per heavy atom. The molecule has 1 aliphatic heterocycles. The van der Waals surface area contributed by atoms with Crippen molar-refractivity contribution in [2.75, 3.05) is 26.4 Å². The lowest BCUT2D eigenvalue weighted by Crippen LogP contribution is -2.57. The first-order chi connectivity index (χ1) is 20.6. The lowest BCUT2D eigenvalue weighted by atomic mass is 9.76. The topological polar surface area (TPSA) is 211 Å². The maximum absolute atomic E-state index is 13.2. The normalized spacial score (nSPS) is 27.7. The van der Waals surface area contributed by atoms with Crippen molar-refractivity contribution in [1.82, 2.24) is 5.06 Å². The van der Waals surface area contributed by atoms with Crippen LogP contribution in [0.2, 0.25) is 0 Å². The number of hydrogen-bond donors (Lipinski definition) is 0. The molecule has 0 radical (unpaired) electrons. The van der Waals surface area contributed by atoms with Crippen LogP contribution in [0.15, 0.2) is 11.6 Å². The highest BCUT2D eigenvalue weighted by Crippen LogP contribution is 2.58. The molecule has 0 aromatic carbocycles. The summed E-state index contributed by atoms with van der Waals surface area (Å²) in [4.78, 5) is 0. The van der Waals surface area contributed by atoms with Crippen molar-refractivity contribution in [2.45, 2.75) is 107 Å². The van der Waals surface area contributed by atoms with Crippen LogP contribution >= 0.6 is 15.6 Å². The second-order valence-electron chi connectivity index (χ2n) is 10.8. The summed E-state index contributed by atoms with van der Waals surface area (Å²) in [6, 6.07) is 7.67. The first-order valence-corrected chi connectivity index (χ1v) is 17.4. The molecule has 0 amide bonds. The fraction of sp³-hybridized carbons (Fsp3) is 0.778. The van der Waals surface area contributed by atoms with Crippen LogP contribution in [0.3, 0.4) is 0 Å². The Morgan fingerprint density at radius 3 is 1.44 bits per heavy atom. The monoisotopic (exact) mass is 640 g/mol. The average molecular weight is 641 g/mol. The van der Waals surface area contributed by atoms with Crippen LogP contribution in [0.25, 0.3) is 0 Å². The summed E-state index contributed by atoms with van der Waals surface area (Å²) in [6.45, 7) is 1.58. The van der Waals surface area contributed by atoms with Gasteiger partial charge in [-0.15, -0.1) is 0 Å². The average Bonchev–Trinajstić information content (AvgIpc) is 3.17. The van der Waals surface area contributed by atoms with E-state index in [-0.39, 0.29) is 52.1 Å². The maximum Gasteiger partial charge on any atom is 0.475 e. The molecule has 1 heterocycles. The van der Waals surface area contributed by atoms with Crippen LogP contribution in [-0.2, 0) is 36.3 Å². The summed E-state index contributed by atoms with van der Waals surface area (Å²) < 4.78 is 59.2. The molecule has 2 aliphatic carbocycles. The summed E-state index contributed by atoms with van der Waals surface area (Å²) in [5, 5.41) is 46.1. The first kappa shape index (κ1) is 35.3. The van der Waals surface area contributed by atoms with Gasteiger partial charge < -0.3 is 5.21 Å². The van der Waals surface area contributed by atoms with Gasteiger partial charge in [-0.1, -0.05) is 11.1 Å². The van der Waals surface area contributed by atoms with E-state index in [0.29, 0.717) is 51.4 Å². The molecule has 14 nitrogen and oxygen atoms in total. The molecule has 2 spiro atoms. The quantitative estimate of drug-likeness (QED) is 0.0917. The fourth-order valence-corrected chi connectivity index (χ4v) is 8.74. The van der Waals surface area contributed by atoms with Gasteiger partial charge in [-0.2, -0.15) is 21.0 Å². The van der Waals surface area contributed by atoms with Crippen LogP contribution < -0.4 is 0 Å². The molecule has 236 valence electrons. The van der Waals surface area contributed by atoms with Gasteiger partial charge >= 0.3 is 15.6 Å². The van der Waals surface area contributed by atoms with Crippen molar-refractivity contribution in [3.8, 4) is 24.3 Å². The van der Waals surface area contributed by atoms with Gasteiger partial charge in [0.25, 0.3) is 0 Å². The third-order valence-electron chi connectivity index (χ3n) is 8.06. The summed E-state index contributed by atoms with van der Waals surface area (Å²) >= 11 is 0. The Hall–Kier alpha value is -2.16. The van der Waals surface area contributed by atoms with E-state index >= 15 is 0 Å². The number of rotatable bonds is 16. The van der Waals surface area contributed by atoms with Crippen LogP contribution in [0.1, 0.15) is 84.0 Å². The lowest BCUT2D eigenvalue weighted by molar-refractivity contribution is -0.226. The number of hydrogen-bond acceptors (Lipinski definition) is 13. The van der Waals surface area contributed by atoms with Crippen molar-refractivity contribution < 1.29 is 41.5 Å². The largest absolute Gasteiger partial charge is 0.475 e. The minimum atomic E-state index is -3.96. The van der Waals surface area contributed by atoms with Gasteiger partial charge in [-0.25, -0.2) is 9.13 Å². The Morgan fingerprint density at radius 1 is 0.744 bits per heavy atom. The first-order valence-electron chi connectivity index (χ1n) is 14.4. The predicted octanol–water partition coefficient (Wildman–Crippen LogP) is 5.22. The molecule has 43 heavy (non-hydrogen) atoms. The summed E-state index contributed by atoms with van der Waals surface area (Å²) in [7, 11) is -7.92. The van der Waals surface area contributed by atoms with Gasteiger partial charge in [-0.3, -0.25) is 27.1 Å². The molecule has 3 aliphatic rings. The third-order valence-corrected chi connectivity index (χ3v) is 11.2. The molecule has 2 saturated carbocycles. The number of phosphoric acid groups is 2. The number of phosphoric ester groups is 2. The lowest BCUT2D eigenvalue weighted by Gasteiger charge is -2.45.